The van der Waals surface area contributed by atoms with Gasteiger partial charge in [-0.15, -0.1) is 5.10 Å². The first-order chi connectivity index (χ1) is 13.9. The number of hydrogen-bond acceptors (Lipinski definition) is 5. The molecule has 1 aliphatic rings. The molecular weight excluding hydrogens is 384 g/mol. The van der Waals surface area contributed by atoms with Crippen LogP contribution in [0.1, 0.15) is 34.8 Å². The van der Waals surface area contributed by atoms with Crippen molar-refractivity contribution >= 4 is 17.6 Å². The second kappa shape index (κ2) is 8.59. The molecule has 0 spiro atoms. The Kier molecular flexibility index (Phi) is 5.96. The summed E-state index contributed by atoms with van der Waals surface area (Å²) in [6.07, 6.45) is 3.24. The van der Waals surface area contributed by atoms with Gasteiger partial charge in [0, 0.05) is 32.5 Å². The van der Waals surface area contributed by atoms with Crippen molar-refractivity contribution in [3.63, 3.8) is 0 Å². The highest BCUT2D eigenvalue weighted by molar-refractivity contribution is 5.92. The third kappa shape index (κ3) is 4.62. The average Bonchev–Trinajstić information content (AvgIpc) is 3.32. The number of aryl methyl sites for hydroxylation is 1. The number of nitrogens with zero attached hydrogens (tertiary/aromatic N) is 5. The van der Waals surface area contributed by atoms with Gasteiger partial charge < -0.3 is 10.6 Å². The molecule has 1 aromatic carbocycles. The van der Waals surface area contributed by atoms with Crippen LogP contribution in [-0.4, -0.2) is 43.8 Å². The van der Waals surface area contributed by atoms with Crippen molar-refractivity contribution in [3.8, 4) is 0 Å². The van der Waals surface area contributed by atoms with Crippen molar-refractivity contribution in [3.05, 3.63) is 59.3 Å². The van der Waals surface area contributed by atoms with Gasteiger partial charge in [-0.2, -0.15) is 5.10 Å². The van der Waals surface area contributed by atoms with Crippen molar-refractivity contribution < 1.29 is 18.4 Å². The van der Waals surface area contributed by atoms with E-state index >= 15 is 0 Å². The molecule has 0 saturated heterocycles. The largest absolute Gasteiger partial charge is 0.363 e. The number of aromatic nitrogens is 5. The monoisotopic (exact) mass is 403 g/mol. The molecule has 11 heteroatoms. The van der Waals surface area contributed by atoms with Gasteiger partial charge in [0.05, 0.1) is 6.20 Å². The van der Waals surface area contributed by atoms with Crippen molar-refractivity contribution in [2.24, 2.45) is 5.73 Å². The normalized spacial score (nSPS) is 13.3. The molecule has 1 aliphatic heterocycles. The molecule has 0 saturated carbocycles. The van der Waals surface area contributed by atoms with E-state index in [1.807, 2.05) is 10.7 Å². The van der Waals surface area contributed by atoms with E-state index in [2.05, 4.69) is 20.3 Å². The molecule has 4 rings (SSSR count). The topological polar surface area (TPSA) is 123 Å². The fourth-order valence-corrected chi connectivity index (χ4v) is 2.81. The molecule has 3 heterocycles. The van der Waals surface area contributed by atoms with Gasteiger partial charge >= 0.3 is 0 Å². The number of halogens is 2. The van der Waals surface area contributed by atoms with Gasteiger partial charge in [-0.1, -0.05) is 12.1 Å². The highest BCUT2D eigenvalue weighted by atomic mass is 19.2. The minimum atomic E-state index is -0.940. The van der Waals surface area contributed by atoms with Crippen molar-refractivity contribution in [2.45, 2.75) is 25.8 Å². The lowest BCUT2D eigenvalue weighted by Gasteiger charge is -2.13. The Balaban J connectivity index is 0.000000176. The molecule has 0 unspecified atom stereocenters. The third-order valence-electron chi connectivity index (χ3n) is 4.31. The van der Waals surface area contributed by atoms with Gasteiger partial charge in [0.25, 0.3) is 5.91 Å². The van der Waals surface area contributed by atoms with Crippen LogP contribution < -0.4 is 10.6 Å². The number of nitrogens with two attached hydrogens (primary N) is 1. The Bertz CT molecular complexity index is 1030. The van der Waals surface area contributed by atoms with E-state index in [-0.39, 0.29) is 29.5 Å². The van der Waals surface area contributed by atoms with Gasteiger partial charge in [-0.05, 0) is 18.1 Å². The molecule has 29 heavy (non-hydrogen) atoms. The maximum Gasteiger partial charge on any atom is 0.288 e. The van der Waals surface area contributed by atoms with E-state index in [9.17, 15) is 18.4 Å². The molecule has 3 aromatic rings. The van der Waals surface area contributed by atoms with Crippen LogP contribution >= 0.6 is 0 Å². The predicted molar refractivity (Wildman–Crippen MR) is 98.9 cm³/mol. The van der Waals surface area contributed by atoms with Crippen LogP contribution in [-0.2, 0) is 17.8 Å². The second-order valence-corrected chi connectivity index (χ2v) is 6.33. The minimum Gasteiger partial charge on any atom is -0.363 e. The Morgan fingerprint density at radius 1 is 1.31 bits per heavy atom. The summed E-state index contributed by atoms with van der Waals surface area (Å²) in [6.45, 7) is 0.846. The van der Waals surface area contributed by atoms with Gasteiger partial charge in [-0.3, -0.25) is 14.7 Å². The molecule has 0 atom stereocenters. The zero-order valence-corrected chi connectivity index (χ0v) is 15.6. The maximum atomic E-state index is 13.3. The van der Waals surface area contributed by atoms with E-state index in [4.69, 9.17) is 5.73 Å². The maximum absolute atomic E-state index is 13.3. The zero-order valence-electron chi connectivity index (χ0n) is 15.6. The summed E-state index contributed by atoms with van der Waals surface area (Å²) >= 11 is 0. The van der Waals surface area contributed by atoms with Gasteiger partial charge in [-0.25, -0.2) is 18.4 Å². The number of carbonyl (C=O) groups excluding carboxylic acids is 2. The highest BCUT2D eigenvalue weighted by Crippen LogP contribution is 2.17. The Morgan fingerprint density at radius 3 is 2.83 bits per heavy atom. The Morgan fingerprint density at radius 2 is 2.10 bits per heavy atom. The summed E-state index contributed by atoms with van der Waals surface area (Å²) in [5, 5.41) is 10.1. The lowest BCUT2D eigenvalue weighted by Crippen LogP contribution is -2.25. The number of benzene rings is 1. The number of primary amides is 1. The molecule has 2 aromatic heterocycles. The Hall–Kier alpha value is -3.63. The summed E-state index contributed by atoms with van der Waals surface area (Å²) in [4.78, 5) is 27.5. The van der Waals surface area contributed by atoms with Gasteiger partial charge in [0.2, 0.25) is 11.7 Å². The molecule has 152 valence electrons. The first-order valence-electron chi connectivity index (χ1n) is 8.79. The third-order valence-corrected chi connectivity index (χ3v) is 4.31. The number of carbonyl (C=O) groups is 2. The van der Waals surface area contributed by atoms with Crippen LogP contribution in [0.5, 0.6) is 0 Å². The van der Waals surface area contributed by atoms with E-state index in [0.717, 1.165) is 24.8 Å². The molecule has 9 nitrogen and oxygen atoms in total. The Labute approximate surface area is 164 Å². The number of rotatable bonds is 3. The first-order valence-corrected chi connectivity index (χ1v) is 8.79. The van der Waals surface area contributed by atoms with Crippen LogP contribution in [0.2, 0.25) is 0 Å². The highest BCUT2D eigenvalue weighted by Gasteiger charge is 2.18. The number of hydrogen-bond donors (Lipinski definition) is 2. The number of nitrogens with one attached hydrogen (secondary N) is 1. The molecule has 0 aliphatic carbocycles. The summed E-state index contributed by atoms with van der Waals surface area (Å²) in [5.74, 6) is -1.53. The average molecular weight is 403 g/mol. The standard InChI is InChI=1S/C10H8F2N4O.C8H11N3O/c11-6-3-1-2-5(8(6)12)4-7-14-10(9(13)17)16-15-7;1-10-7-4-5-9-11(7)6-2-3-8(10)12/h1-3H,4H2,(H2,13,17)(H,14,15,16);4-5H,2-3,6H2,1H3. The van der Waals surface area contributed by atoms with E-state index in [0.29, 0.717) is 6.42 Å². The van der Waals surface area contributed by atoms with Crippen molar-refractivity contribution in [1.82, 2.24) is 25.0 Å². The lowest BCUT2D eigenvalue weighted by atomic mass is 10.1. The predicted octanol–water partition coefficient (Wildman–Crippen LogP) is 1.41. The van der Waals surface area contributed by atoms with E-state index in [1.165, 1.54) is 12.1 Å². The van der Waals surface area contributed by atoms with Gasteiger partial charge in [0.15, 0.2) is 11.6 Å². The molecule has 2 amide bonds. The summed E-state index contributed by atoms with van der Waals surface area (Å²) in [7, 11) is 1.79. The second-order valence-electron chi connectivity index (χ2n) is 6.33. The summed E-state index contributed by atoms with van der Waals surface area (Å²) in [5.41, 5.74) is 5.08. The van der Waals surface area contributed by atoms with Crippen LogP contribution in [0.15, 0.2) is 30.5 Å². The van der Waals surface area contributed by atoms with E-state index < -0.39 is 17.5 Å². The van der Waals surface area contributed by atoms with Crippen molar-refractivity contribution in [1.29, 1.82) is 0 Å². The van der Waals surface area contributed by atoms with Crippen LogP contribution in [0.3, 0.4) is 0 Å². The van der Waals surface area contributed by atoms with Crippen LogP contribution in [0.4, 0.5) is 14.6 Å². The summed E-state index contributed by atoms with van der Waals surface area (Å²) < 4.78 is 28.1. The number of amides is 2. The molecule has 0 bridgehead atoms. The first kappa shape index (κ1) is 20.1. The van der Waals surface area contributed by atoms with E-state index in [1.54, 1.807) is 18.1 Å². The SMILES string of the molecule is CN1C(=O)CCCn2nccc21.NC(=O)c1n[nH]c(Cc2cccc(F)c2F)n1. The zero-order chi connectivity index (χ0) is 21.0. The minimum absolute atomic E-state index is 0.00384. The fraction of sp³-hybridized carbons (Fsp3) is 0.278. The lowest BCUT2D eigenvalue weighted by molar-refractivity contribution is -0.118. The van der Waals surface area contributed by atoms with Gasteiger partial charge in [0.1, 0.15) is 11.6 Å². The quantitative estimate of drug-likeness (QED) is 0.685. The summed E-state index contributed by atoms with van der Waals surface area (Å²) in [6, 6.07) is 5.70. The van der Waals surface area contributed by atoms with Crippen LogP contribution in [0, 0.1) is 11.6 Å². The smallest absolute Gasteiger partial charge is 0.288 e. The molecular formula is C18H19F2N7O2. The number of anilines is 1. The number of aromatic amines is 1. The molecule has 0 radical (unpaired) electrons. The number of H-pyrrole nitrogens is 1. The fourth-order valence-electron chi connectivity index (χ4n) is 2.81. The molecule has 3 N–H and O–H groups in total. The number of fused-ring (bicyclic) bond motifs is 1. The molecule has 0 fully saturated rings. The van der Waals surface area contributed by atoms with Crippen LogP contribution in [0.25, 0.3) is 0 Å². The van der Waals surface area contributed by atoms with Crippen molar-refractivity contribution in [2.75, 3.05) is 11.9 Å².